The third-order valence-electron chi connectivity index (χ3n) is 2.05. The van der Waals surface area contributed by atoms with E-state index in [1.807, 2.05) is 0 Å². The first-order valence-corrected chi connectivity index (χ1v) is 4.81. The molecule has 0 aliphatic carbocycles. The fourth-order valence-corrected chi connectivity index (χ4v) is 1.46. The van der Waals surface area contributed by atoms with E-state index in [0.717, 1.165) is 4.90 Å². The Kier molecular flexibility index (Phi) is 2.44. The van der Waals surface area contributed by atoms with Gasteiger partial charge in [-0.15, -0.1) is 11.6 Å². The highest BCUT2D eigenvalue weighted by Gasteiger charge is 2.34. The molecule has 3 nitrogen and oxygen atoms in total. The lowest BCUT2D eigenvalue weighted by molar-refractivity contribution is 0.0735. The molecule has 1 aliphatic rings. The number of fused-ring (bicyclic) bond motifs is 1. The van der Waals surface area contributed by atoms with Crippen LogP contribution >= 0.6 is 11.6 Å². The van der Waals surface area contributed by atoms with Crippen LogP contribution in [0.25, 0.3) is 0 Å². The molecule has 0 aromatic heterocycles. The highest BCUT2D eigenvalue weighted by Crippen LogP contribution is 2.21. The van der Waals surface area contributed by atoms with Crippen LogP contribution in [0.2, 0.25) is 0 Å². The lowest BCUT2D eigenvalue weighted by Gasteiger charge is -2.01. The predicted molar refractivity (Wildman–Crippen MR) is 55.4 cm³/mol. The Bertz CT molecular complexity index is 464. The molecule has 2 amide bonds. The van der Waals surface area contributed by atoms with E-state index in [0.29, 0.717) is 11.1 Å². The Morgan fingerprint density at radius 2 is 1.67 bits per heavy atom. The van der Waals surface area contributed by atoms with Crippen molar-refractivity contribution in [1.29, 1.82) is 0 Å². The van der Waals surface area contributed by atoms with E-state index >= 15 is 0 Å². The summed E-state index contributed by atoms with van der Waals surface area (Å²) in [5.41, 5.74) is 0.790. The van der Waals surface area contributed by atoms with E-state index in [1.54, 1.807) is 24.3 Å². The van der Waals surface area contributed by atoms with Crippen molar-refractivity contribution in [2.24, 2.45) is 0 Å². The molecule has 0 saturated heterocycles. The maximum Gasteiger partial charge on any atom is 0.273 e. The highest BCUT2D eigenvalue weighted by atomic mass is 35.5. The van der Waals surface area contributed by atoms with Gasteiger partial charge in [-0.1, -0.05) is 18.1 Å². The van der Waals surface area contributed by atoms with Crippen LogP contribution in [0.1, 0.15) is 20.7 Å². The van der Waals surface area contributed by atoms with Crippen LogP contribution in [0.3, 0.4) is 0 Å². The molecule has 0 N–H and O–H groups in total. The number of hydrogen-bond donors (Lipinski definition) is 0. The number of carbonyl (C=O) groups excluding carboxylic acids is 2. The fraction of sp³-hybridized carbons (Fsp3) is 0.0909. The van der Waals surface area contributed by atoms with E-state index in [9.17, 15) is 9.59 Å². The molecular weight excluding hydrogens is 214 g/mol. The molecule has 0 unspecified atom stereocenters. The molecule has 0 radical (unpaired) electrons. The first-order chi connectivity index (χ1) is 7.25. The molecule has 0 spiro atoms. The molecule has 74 valence electrons. The normalized spacial score (nSPS) is 13.5. The van der Waals surface area contributed by atoms with Crippen LogP contribution in [0.5, 0.6) is 0 Å². The summed E-state index contributed by atoms with van der Waals surface area (Å²) in [6, 6.07) is 9.07. The zero-order valence-electron chi connectivity index (χ0n) is 7.66. The summed E-state index contributed by atoms with van der Waals surface area (Å²) in [5.74, 6) is 1.81. The van der Waals surface area contributed by atoms with E-state index in [4.69, 9.17) is 11.6 Å². The van der Waals surface area contributed by atoms with Crippen molar-refractivity contribution < 1.29 is 9.59 Å². The van der Waals surface area contributed by atoms with Gasteiger partial charge in [0, 0.05) is 6.04 Å². The predicted octanol–water partition coefficient (Wildman–Crippen LogP) is 1.48. The van der Waals surface area contributed by atoms with Crippen LogP contribution in [-0.2, 0) is 0 Å². The zero-order chi connectivity index (χ0) is 10.8. The first kappa shape index (κ1) is 9.75. The molecular formula is C11H6ClNO2. The minimum absolute atomic E-state index is 0.0907. The molecule has 1 aromatic carbocycles. The van der Waals surface area contributed by atoms with E-state index in [2.05, 4.69) is 12.0 Å². The molecule has 2 rings (SSSR count). The Morgan fingerprint density at radius 1 is 1.13 bits per heavy atom. The molecule has 4 heteroatoms. The summed E-state index contributed by atoms with van der Waals surface area (Å²) < 4.78 is 0. The lowest BCUT2D eigenvalue weighted by Crippen LogP contribution is -2.24. The molecule has 0 fully saturated rings. The fourth-order valence-electron chi connectivity index (χ4n) is 1.40. The molecule has 15 heavy (non-hydrogen) atoms. The second-order valence-electron chi connectivity index (χ2n) is 2.91. The molecule has 0 bridgehead atoms. The summed E-state index contributed by atoms with van der Waals surface area (Å²) in [6.07, 6.45) is 0. The number of hydrogen-bond acceptors (Lipinski definition) is 2. The van der Waals surface area contributed by atoms with Gasteiger partial charge in [-0.2, -0.15) is 4.90 Å². The Hall–Kier alpha value is -1.79. The topological polar surface area (TPSA) is 37.4 Å². The van der Waals surface area contributed by atoms with Gasteiger partial charge in [0.1, 0.15) is 0 Å². The smallest absolute Gasteiger partial charge is 0.267 e. The number of benzene rings is 1. The first-order valence-electron chi connectivity index (χ1n) is 4.28. The second kappa shape index (κ2) is 3.76. The van der Waals surface area contributed by atoms with Gasteiger partial charge in [0.2, 0.25) is 0 Å². The van der Waals surface area contributed by atoms with Crippen LogP contribution in [0.15, 0.2) is 24.3 Å². The molecule has 0 saturated carbocycles. The standard InChI is InChI=1S/C11H6ClNO2/c12-6-3-7-13-10(14)8-4-1-2-5-9(8)11(13)15/h1-2,4-5H,6H2. The van der Waals surface area contributed by atoms with Gasteiger partial charge >= 0.3 is 0 Å². The van der Waals surface area contributed by atoms with Crippen molar-refractivity contribution in [1.82, 2.24) is 4.90 Å². The summed E-state index contributed by atoms with van der Waals surface area (Å²) in [6.45, 7) is 0. The maximum absolute atomic E-state index is 11.7. The largest absolute Gasteiger partial charge is 0.273 e. The molecule has 1 heterocycles. The minimum Gasteiger partial charge on any atom is -0.267 e. The SMILES string of the molecule is O=C1c2ccccc2C(=O)N1C#CCCl. The number of carbonyl (C=O) groups is 2. The Labute approximate surface area is 91.6 Å². The average molecular weight is 220 g/mol. The third kappa shape index (κ3) is 1.49. The van der Waals surface area contributed by atoms with Gasteiger partial charge in [-0.05, 0) is 12.1 Å². The average Bonchev–Trinajstić information content (AvgIpc) is 2.51. The van der Waals surface area contributed by atoms with Crippen molar-refractivity contribution in [2.45, 2.75) is 0 Å². The molecule has 1 aliphatic heterocycles. The summed E-state index contributed by atoms with van der Waals surface area (Å²) in [7, 11) is 0. The number of amides is 2. The number of imide groups is 1. The van der Waals surface area contributed by atoms with E-state index in [1.165, 1.54) is 0 Å². The van der Waals surface area contributed by atoms with E-state index in [-0.39, 0.29) is 17.7 Å². The van der Waals surface area contributed by atoms with Crippen LogP contribution in [0, 0.1) is 12.0 Å². The Balaban J connectivity index is 2.46. The number of rotatable bonds is 0. The van der Waals surface area contributed by atoms with Gasteiger partial charge in [0.15, 0.2) is 0 Å². The Morgan fingerprint density at radius 3 is 2.13 bits per heavy atom. The quantitative estimate of drug-likeness (QED) is 0.377. The van der Waals surface area contributed by atoms with Crippen molar-refractivity contribution in [2.75, 3.05) is 5.88 Å². The van der Waals surface area contributed by atoms with Crippen LogP contribution in [-0.4, -0.2) is 22.6 Å². The summed E-state index contributed by atoms with van der Waals surface area (Å²) >= 11 is 5.36. The van der Waals surface area contributed by atoms with Gasteiger partial charge in [-0.3, -0.25) is 9.59 Å². The summed E-state index contributed by atoms with van der Waals surface area (Å²) in [5, 5.41) is 0. The zero-order valence-corrected chi connectivity index (χ0v) is 8.41. The van der Waals surface area contributed by atoms with Crippen molar-refractivity contribution in [3.05, 3.63) is 35.4 Å². The monoisotopic (exact) mass is 219 g/mol. The van der Waals surface area contributed by atoms with Crippen molar-refractivity contribution in [3.63, 3.8) is 0 Å². The number of halogens is 1. The van der Waals surface area contributed by atoms with Crippen molar-refractivity contribution >= 4 is 23.4 Å². The van der Waals surface area contributed by atoms with Gasteiger partial charge in [0.25, 0.3) is 11.8 Å². The lowest BCUT2D eigenvalue weighted by atomic mass is 10.1. The van der Waals surface area contributed by atoms with Gasteiger partial charge in [-0.25, -0.2) is 0 Å². The number of nitrogens with zero attached hydrogens (tertiary/aromatic N) is 1. The second-order valence-corrected chi connectivity index (χ2v) is 3.18. The van der Waals surface area contributed by atoms with E-state index < -0.39 is 0 Å². The molecule has 1 aromatic rings. The third-order valence-corrected chi connectivity index (χ3v) is 2.19. The molecule has 0 atom stereocenters. The summed E-state index contributed by atoms with van der Waals surface area (Å²) in [4.78, 5) is 24.2. The minimum atomic E-state index is -0.381. The maximum atomic E-state index is 11.7. The van der Waals surface area contributed by atoms with Crippen molar-refractivity contribution in [3.8, 4) is 12.0 Å². The van der Waals surface area contributed by atoms with Crippen LogP contribution < -0.4 is 0 Å². The number of alkyl halides is 1. The van der Waals surface area contributed by atoms with Crippen LogP contribution in [0.4, 0.5) is 0 Å². The highest BCUT2D eigenvalue weighted by molar-refractivity contribution is 6.23. The van der Waals surface area contributed by atoms with Gasteiger partial charge in [0.05, 0.1) is 17.0 Å². The van der Waals surface area contributed by atoms with Gasteiger partial charge < -0.3 is 0 Å².